The van der Waals surface area contributed by atoms with Crippen LogP contribution in [0.25, 0.3) is 0 Å². The lowest BCUT2D eigenvalue weighted by molar-refractivity contribution is -0.147. The van der Waals surface area contributed by atoms with Crippen molar-refractivity contribution in [3.8, 4) is 0 Å². The Morgan fingerprint density at radius 2 is 1.84 bits per heavy atom. The normalized spacial score (nSPS) is 12.5. The summed E-state index contributed by atoms with van der Waals surface area (Å²) in [6.07, 6.45) is -4.91. The number of carbonyl (C=O) groups excluding carboxylic acids is 1. The van der Waals surface area contributed by atoms with Crippen LogP contribution in [0.4, 0.5) is 22.0 Å². The van der Waals surface area contributed by atoms with E-state index >= 15 is 0 Å². The lowest BCUT2D eigenvalue weighted by Gasteiger charge is -2.11. The number of carbonyl (C=O) groups is 1. The van der Waals surface area contributed by atoms with Crippen molar-refractivity contribution in [1.29, 1.82) is 0 Å². The second-order valence-electron chi connectivity index (χ2n) is 4.78. The summed E-state index contributed by atoms with van der Waals surface area (Å²) in [6, 6.07) is 1.61. The molecule has 0 N–H and O–H groups in total. The molecule has 0 saturated carbocycles. The molecule has 13 heteroatoms. The third kappa shape index (κ3) is 3.98. The van der Waals surface area contributed by atoms with Crippen LogP contribution in [0.2, 0.25) is 0 Å². The van der Waals surface area contributed by atoms with Gasteiger partial charge in [0.1, 0.15) is 5.69 Å². The summed E-state index contributed by atoms with van der Waals surface area (Å²) in [7, 11) is 0.832. The first-order valence-corrected chi connectivity index (χ1v) is 7.06. The van der Waals surface area contributed by atoms with Gasteiger partial charge in [-0.3, -0.25) is 9.36 Å². The van der Waals surface area contributed by atoms with Crippen LogP contribution in [0.15, 0.2) is 16.9 Å². The molecule has 0 radical (unpaired) electrons. The molecule has 0 saturated heterocycles. The van der Waals surface area contributed by atoms with Gasteiger partial charge in [-0.15, -0.1) is 5.10 Å². The van der Waals surface area contributed by atoms with Gasteiger partial charge in [0.2, 0.25) is 5.82 Å². The molecular formula is C12H7Cl2F5N4O2. The fourth-order valence-corrected chi connectivity index (χ4v) is 2.22. The van der Waals surface area contributed by atoms with Crippen LogP contribution in [0, 0.1) is 0 Å². The Hall–Kier alpha value is -2.01. The van der Waals surface area contributed by atoms with Crippen LogP contribution in [-0.2, 0) is 25.2 Å². The summed E-state index contributed by atoms with van der Waals surface area (Å²) >= 11 is 10.1. The van der Waals surface area contributed by atoms with Crippen molar-refractivity contribution in [3.05, 3.63) is 45.4 Å². The van der Waals surface area contributed by atoms with Crippen LogP contribution >= 0.6 is 23.2 Å². The fourth-order valence-electron chi connectivity index (χ4n) is 1.94. The molecule has 2 aromatic heterocycles. The van der Waals surface area contributed by atoms with E-state index in [9.17, 15) is 31.5 Å². The molecule has 0 aliphatic rings. The van der Waals surface area contributed by atoms with Gasteiger partial charge in [-0.25, -0.2) is 14.5 Å². The summed E-state index contributed by atoms with van der Waals surface area (Å²) in [5, 5.41) is -1.90. The van der Waals surface area contributed by atoms with Crippen molar-refractivity contribution in [1.82, 2.24) is 19.3 Å². The number of nitrogens with zero attached hydrogens (tertiary/aromatic N) is 4. The molecule has 136 valence electrons. The van der Waals surface area contributed by atoms with Gasteiger partial charge in [0.15, 0.2) is 0 Å². The first kappa shape index (κ1) is 19.3. The van der Waals surface area contributed by atoms with E-state index in [0.717, 1.165) is 19.2 Å². The number of hydrogen-bond donors (Lipinski definition) is 0. The molecule has 0 unspecified atom stereocenters. The molecule has 0 fully saturated rings. The zero-order valence-corrected chi connectivity index (χ0v) is 13.6. The van der Waals surface area contributed by atoms with Crippen molar-refractivity contribution in [2.45, 2.75) is 18.1 Å². The quantitative estimate of drug-likeness (QED) is 0.446. The Morgan fingerprint density at radius 1 is 1.24 bits per heavy atom. The zero-order valence-electron chi connectivity index (χ0n) is 12.1. The van der Waals surface area contributed by atoms with Gasteiger partial charge in [0.25, 0.3) is 5.24 Å². The molecule has 0 bridgehead atoms. The number of rotatable bonds is 4. The monoisotopic (exact) mass is 404 g/mol. The summed E-state index contributed by atoms with van der Waals surface area (Å²) in [4.78, 5) is 26.6. The van der Waals surface area contributed by atoms with Gasteiger partial charge in [-0.05, 0) is 35.3 Å². The van der Waals surface area contributed by atoms with Crippen molar-refractivity contribution >= 4 is 28.4 Å². The van der Waals surface area contributed by atoms with E-state index in [1.165, 1.54) is 0 Å². The van der Waals surface area contributed by atoms with E-state index in [1.807, 2.05) is 0 Å². The van der Waals surface area contributed by atoms with E-state index in [-0.39, 0.29) is 10.1 Å². The number of halogens is 7. The molecule has 2 rings (SSSR count). The Morgan fingerprint density at radius 3 is 2.28 bits per heavy atom. The highest BCUT2D eigenvalue weighted by molar-refractivity contribution is 6.67. The molecule has 0 spiro atoms. The highest BCUT2D eigenvalue weighted by atomic mass is 35.5. The number of alkyl halides is 6. The van der Waals surface area contributed by atoms with Crippen LogP contribution in [0.1, 0.15) is 27.6 Å². The van der Waals surface area contributed by atoms with Gasteiger partial charge in [-0.2, -0.15) is 22.0 Å². The van der Waals surface area contributed by atoms with E-state index < -0.39 is 46.2 Å². The Bertz CT molecular complexity index is 885. The lowest BCUT2D eigenvalue weighted by Crippen LogP contribution is -2.26. The van der Waals surface area contributed by atoms with Gasteiger partial charge in [0, 0.05) is 7.05 Å². The number of pyridine rings is 1. The topological polar surface area (TPSA) is 69.8 Å². The van der Waals surface area contributed by atoms with Crippen molar-refractivity contribution in [3.63, 3.8) is 0 Å². The largest absolute Gasteiger partial charge is 0.451 e. The average molecular weight is 405 g/mol. The fraction of sp³-hybridized carbons (Fsp3) is 0.333. The summed E-state index contributed by atoms with van der Waals surface area (Å²) in [5.74, 6) is -1.50. The van der Waals surface area contributed by atoms with Crippen molar-refractivity contribution in [2.75, 3.05) is 0 Å². The number of aromatic nitrogens is 4. The molecule has 0 atom stereocenters. The maximum atomic E-state index is 13.2. The molecule has 0 aromatic carbocycles. The SMILES string of the molecule is Cn1c(C(F)(F)F)nn(Cc2nc(C(F)(F)Cl)ccc2C(=O)Cl)c1=O. The highest BCUT2D eigenvalue weighted by Crippen LogP contribution is 2.31. The molecule has 25 heavy (non-hydrogen) atoms. The van der Waals surface area contributed by atoms with Crippen molar-refractivity contribution in [2.24, 2.45) is 7.05 Å². The summed E-state index contributed by atoms with van der Waals surface area (Å²) < 4.78 is 65.2. The minimum atomic E-state index is -4.91. The predicted octanol–water partition coefficient (Wildman–Crippen LogP) is 2.71. The third-order valence-corrected chi connectivity index (χ3v) is 3.47. The molecule has 2 heterocycles. The van der Waals surface area contributed by atoms with E-state index in [1.54, 1.807) is 0 Å². The Balaban J connectivity index is 2.57. The summed E-state index contributed by atoms with van der Waals surface area (Å²) in [5.41, 5.74) is -3.01. The first-order chi connectivity index (χ1) is 11.3. The van der Waals surface area contributed by atoms with E-state index in [4.69, 9.17) is 23.2 Å². The van der Waals surface area contributed by atoms with Crippen LogP contribution in [0.5, 0.6) is 0 Å². The predicted molar refractivity (Wildman–Crippen MR) is 75.7 cm³/mol. The number of hydrogen-bond acceptors (Lipinski definition) is 4. The standard InChI is InChI=1S/C12H7Cl2F5N4O2/c1-22-9(12(17,18)19)21-23(10(22)25)4-6-5(8(13)24)2-3-7(20-6)11(14,15)16/h2-3H,4H2,1H3. The maximum Gasteiger partial charge on any atom is 0.451 e. The Labute approximate surface area is 145 Å². The van der Waals surface area contributed by atoms with E-state index in [2.05, 4.69) is 10.1 Å². The zero-order chi connectivity index (χ0) is 19.2. The van der Waals surface area contributed by atoms with E-state index in [0.29, 0.717) is 4.68 Å². The minimum Gasteiger partial charge on any atom is -0.276 e. The molecule has 0 aliphatic carbocycles. The second-order valence-corrected chi connectivity index (χ2v) is 5.60. The van der Waals surface area contributed by atoms with Crippen LogP contribution in [-0.4, -0.2) is 24.6 Å². The van der Waals surface area contributed by atoms with Crippen molar-refractivity contribution < 1.29 is 26.7 Å². The van der Waals surface area contributed by atoms with Crippen LogP contribution < -0.4 is 5.69 Å². The molecule has 0 aliphatic heterocycles. The highest BCUT2D eigenvalue weighted by Gasteiger charge is 2.38. The second kappa shape index (κ2) is 6.37. The van der Waals surface area contributed by atoms with Crippen LogP contribution in [0.3, 0.4) is 0 Å². The van der Waals surface area contributed by atoms with Gasteiger partial charge < -0.3 is 0 Å². The van der Waals surface area contributed by atoms with Gasteiger partial charge in [0.05, 0.1) is 17.8 Å². The lowest BCUT2D eigenvalue weighted by atomic mass is 10.2. The first-order valence-electron chi connectivity index (χ1n) is 6.30. The van der Waals surface area contributed by atoms with Gasteiger partial charge >= 0.3 is 17.2 Å². The Kier molecular flexibility index (Phi) is 4.92. The van der Waals surface area contributed by atoms with Gasteiger partial charge in [-0.1, -0.05) is 0 Å². The molecule has 6 nitrogen and oxygen atoms in total. The maximum absolute atomic E-state index is 13.2. The average Bonchev–Trinajstić information content (AvgIpc) is 2.74. The molecule has 0 amide bonds. The smallest absolute Gasteiger partial charge is 0.276 e. The molecular weight excluding hydrogens is 398 g/mol. The summed E-state index contributed by atoms with van der Waals surface area (Å²) in [6.45, 7) is -0.794. The third-order valence-electron chi connectivity index (χ3n) is 3.07. The molecule has 2 aromatic rings. The minimum absolute atomic E-state index is 0.224.